The first kappa shape index (κ1) is 13.9. The highest BCUT2D eigenvalue weighted by molar-refractivity contribution is 5.69. The second-order valence-electron chi connectivity index (χ2n) is 3.13. The first-order chi connectivity index (χ1) is 7.10. The van der Waals surface area contributed by atoms with Crippen LogP contribution in [0.2, 0.25) is 0 Å². The van der Waals surface area contributed by atoms with Crippen LogP contribution in [0.15, 0.2) is 0 Å². The summed E-state index contributed by atoms with van der Waals surface area (Å²) in [5.74, 6) is -1.05. The average molecular weight is 217 g/mol. The van der Waals surface area contributed by atoms with Gasteiger partial charge in [-0.05, 0) is 13.5 Å². The summed E-state index contributed by atoms with van der Waals surface area (Å²) in [7, 11) is 0. The number of hydrogen-bond donors (Lipinski definition) is 1. The average Bonchev–Trinajstić information content (AvgIpc) is 2.18. The maximum atomic E-state index is 11.0. The highest BCUT2D eigenvalue weighted by atomic mass is 16.5. The van der Waals surface area contributed by atoms with Crippen LogP contribution in [0.25, 0.3) is 0 Å². The number of carbonyl (C=O) groups excluding carboxylic acids is 1. The zero-order chi connectivity index (χ0) is 11.7. The second kappa shape index (κ2) is 8.23. The molecule has 0 heterocycles. The first-order valence-electron chi connectivity index (χ1n) is 5.19. The van der Waals surface area contributed by atoms with Crippen LogP contribution in [0, 0.1) is 0 Å². The van der Waals surface area contributed by atoms with E-state index >= 15 is 0 Å². The summed E-state index contributed by atoms with van der Waals surface area (Å²) < 4.78 is 4.78. The van der Waals surface area contributed by atoms with E-state index in [1.54, 1.807) is 6.92 Å². The van der Waals surface area contributed by atoms with Gasteiger partial charge in [-0.25, -0.2) is 0 Å². The molecule has 0 aromatic rings. The van der Waals surface area contributed by atoms with Crippen LogP contribution in [0.1, 0.15) is 26.7 Å². The molecule has 0 aromatic heterocycles. The van der Waals surface area contributed by atoms with Crippen molar-refractivity contribution in [1.29, 1.82) is 0 Å². The molecule has 5 nitrogen and oxygen atoms in total. The summed E-state index contributed by atoms with van der Waals surface area (Å²) in [6.45, 7) is 5.87. The largest absolute Gasteiger partial charge is 0.481 e. The minimum atomic E-state index is -0.815. The molecule has 88 valence electrons. The Hall–Kier alpha value is -1.10. The Morgan fingerprint density at radius 2 is 1.80 bits per heavy atom. The van der Waals surface area contributed by atoms with E-state index in [1.165, 1.54) is 0 Å². The van der Waals surface area contributed by atoms with Gasteiger partial charge in [0, 0.05) is 13.1 Å². The normalized spacial score (nSPS) is 10.3. The van der Waals surface area contributed by atoms with E-state index in [0.717, 1.165) is 6.54 Å². The van der Waals surface area contributed by atoms with Crippen molar-refractivity contribution in [2.45, 2.75) is 26.7 Å². The van der Waals surface area contributed by atoms with Crippen LogP contribution in [0.4, 0.5) is 0 Å². The highest BCUT2D eigenvalue weighted by Gasteiger charge is 2.08. The van der Waals surface area contributed by atoms with Gasteiger partial charge in [0.2, 0.25) is 0 Å². The molecule has 5 heteroatoms. The molecule has 0 saturated carbocycles. The van der Waals surface area contributed by atoms with E-state index in [1.807, 2.05) is 11.8 Å². The summed E-state index contributed by atoms with van der Waals surface area (Å²) in [5.41, 5.74) is 0. The van der Waals surface area contributed by atoms with Gasteiger partial charge in [-0.2, -0.15) is 0 Å². The van der Waals surface area contributed by atoms with Crippen molar-refractivity contribution in [3.63, 3.8) is 0 Å². The van der Waals surface area contributed by atoms with Crippen molar-refractivity contribution in [2.75, 3.05) is 26.2 Å². The molecular weight excluding hydrogens is 198 g/mol. The van der Waals surface area contributed by atoms with Crippen LogP contribution < -0.4 is 0 Å². The van der Waals surface area contributed by atoms with Crippen molar-refractivity contribution in [3.05, 3.63) is 0 Å². The molecule has 1 N–H and O–H groups in total. The van der Waals surface area contributed by atoms with Crippen molar-refractivity contribution in [3.8, 4) is 0 Å². The van der Waals surface area contributed by atoms with Gasteiger partial charge in [-0.3, -0.25) is 9.59 Å². The van der Waals surface area contributed by atoms with Crippen LogP contribution in [0.5, 0.6) is 0 Å². The molecule has 15 heavy (non-hydrogen) atoms. The van der Waals surface area contributed by atoms with Gasteiger partial charge in [0.1, 0.15) is 0 Å². The molecule has 0 atom stereocenters. The summed E-state index contributed by atoms with van der Waals surface area (Å²) in [4.78, 5) is 23.3. The highest BCUT2D eigenvalue weighted by Crippen LogP contribution is 1.96. The topological polar surface area (TPSA) is 66.8 Å². The smallest absolute Gasteiger partial charge is 0.307 e. The maximum absolute atomic E-state index is 11.0. The van der Waals surface area contributed by atoms with Gasteiger partial charge in [0.05, 0.1) is 19.4 Å². The van der Waals surface area contributed by atoms with E-state index in [9.17, 15) is 9.59 Å². The molecule has 0 bridgehead atoms. The number of aliphatic carboxylic acids is 1. The Kier molecular flexibility index (Phi) is 7.62. The van der Waals surface area contributed by atoms with Gasteiger partial charge in [0.25, 0.3) is 0 Å². The molecule has 0 rings (SSSR count). The number of nitrogens with zero attached hydrogens (tertiary/aromatic N) is 1. The third kappa shape index (κ3) is 7.93. The predicted octanol–water partition coefficient (Wildman–Crippen LogP) is 0.736. The number of esters is 1. The minimum absolute atomic E-state index is 0.108. The number of carbonyl (C=O) groups is 2. The molecule has 0 aromatic carbocycles. The standard InChI is InChI=1S/C10H19NO4/c1-3-11(7-5-9(12)13)8-6-10(14)15-4-2/h3-8H2,1-2H3,(H,12,13). The quantitative estimate of drug-likeness (QED) is 0.607. The van der Waals surface area contributed by atoms with Crippen LogP contribution in [-0.4, -0.2) is 48.2 Å². The number of rotatable bonds is 8. The lowest BCUT2D eigenvalue weighted by molar-refractivity contribution is -0.143. The first-order valence-corrected chi connectivity index (χ1v) is 5.19. The lowest BCUT2D eigenvalue weighted by Crippen LogP contribution is -2.29. The van der Waals surface area contributed by atoms with E-state index in [0.29, 0.717) is 26.1 Å². The van der Waals surface area contributed by atoms with Gasteiger partial charge >= 0.3 is 11.9 Å². The fourth-order valence-electron chi connectivity index (χ4n) is 1.16. The number of carboxylic acids is 1. The summed E-state index contributed by atoms with van der Waals surface area (Å²) in [5, 5.41) is 8.50. The molecule has 0 radical (unpaired) electrons. The molecule has 0 unspecified atom stereocenters. The second-order valence-corrected chi connectivity index (χ2v) is 3.13. The Bertz CT molecular complexity index is 206. The van der Waals surface area contributed by atoms with Gasteiger partial charge in [-0.1, -0.05) is 6.92 Å². The van der Waals surface area contributed by atoms with E-state index in [2.05, 4.69) is 0 Å². The third-order valence-corrected chi connectivity index (χ3v) is 2.03. The van der Waals surface area contributed by atoms with Crippen molar-refractivity contribution in [1.82, 2.24) is 4.90 Å². The van der Waals surface area contributed by atoms with Crippen molar-refractivity contribution in [2.24, 2.45) is 0 Å². The van der Waals surface area contributed by atoms with Gasteiger partial charge in [0.15, 0.2) is 0 Å². The van der Waals surface area contributed by atoms with Crippen LogP contribution in [0.3, 0.4) is 0 Å². The van der Waals surface area contributed by atoms with E-state index in [-0.39, 0.29) is 12.4 Å². The van der Waals surface area contributed by atoms with E-state index in [4.69, 9.17) is 9.84 Å². The molecule has 0 amide bonds. The van der Waals surface area contributed by atoms with Gasteiger partial charge < -0.3 is 14.7 Å². The molecule has 0 fully saturated rings. The molecular formula is C10H19NO4. The third-order valence-electron chi connectivity index (χ3n) is 2.03. The lowest BCUT2D eigenvalue weighted by atomic mass is 10.3. The monoisotopic (exact) mass is 217 g/mol. The minimum Gasteiger partial charge on any atom is -0.481 e. The van der Waals surface area contributed by atoms with Crippen LogP contribution in [-0.2, 0) is 14.3 Å². The Morgan fingerprint density at radius 3 is 2.27 bits per heavy atom. The SMILES string of the molecule is CCOC(=O)CCN(CC)CCC(=O)O. The fourth-order valence-corrected chi connectivity index (χ4v) is 1.16. The summed E-state index contributed by atoms with van der Waals surface area (Å²) in [6, 6.07) is 0. The molecule has 0 aliphatic rings. The zero-order valence-electron chi connectivity index (χ0n) is 9.36. The fraction of sp³-hybridized carbons (Fsp3) is 0.800. The Morgan fingerprint density at radius 1 is 1.20 bits per heavy atom. The van der Waals surface area contributed by atoms with Crippen LogP contribution >= 0.6 is 0 Å². The number of ether oxygens (including phenoxy) is 1. The number of hydrogen-bond acceptors (Lipinski definition) is 4. The summed E-state index contributed by atoms with van der Waals surface area (Å²) >= 11 is 0. The van der Waals surface area contributed by atoms with Crippen molar-refractivity contribution >= 4 is 11.9 Å². The number of carboxylic acid groups (broad SMARTS) is 1. The van der Waals surface area contributed by atoms with Gasteiger partial charge in [-0.15, -0.1) is 0 Å². The summed E-state index contributed by atoms with van der Waals surface area (Å²) in [6.07, 6.45) is 0.429. The zero-order valence-corrected chi connectivity index (χ0v) is 9.36. The molecule has 0 aliphatic carbocycles. The van der Waals surface area contributed by atoms with E-state index < -0.39 is 5.97 Å². The predicted molar refractivity (Wildman–Crippen MR) is 55.6 cm³/mol. The molecule has 0 spiro atoms. The molecule has 0 aliphatic heterocycles. The van der Waals surface area contributed by atoms with Crippen molar-refractivity contribution < 1.29 is 19.4 Å². The Labute approximate surface area is 90.0 Å². The maximum Gasteiger partial charge on any atom is 0.307 e. The Balaban J connectivity index is 3.69. The lowest BCUT2D eigenvalue weighted by Gasteiger charge is -2.18. The molecule has 0 saturated heterocycles.